The molecule has 1 saturated heterocycles. The minimum atomic E-state index is -0.268. The van der Waals surface area contributed by atoms with Crippen LogP contribution in [-0.2, 0) is 16.1 Å². The highest BCUT2D eigenvalue weighted by Crippen LogP contribution is 2.25. The van der Waals surface area contributed by atoms with Crippen LogP contribution >= 0.6 is 0 Å². The van der Waals surface area contributed by atoms with E-state index in [-0.39, 0.29) is 30.5 Å². The molecule has 2 aliphatic rings. The van der Waals surface area contributed by atoms with E-state index in [2.05, 4.69) is 10.1 Å². The Kier molecular flexibility index (Phi) is 7.18. The standard InChI is InChI=1S/C27H31N5O3/c33-26-19-30(27(34)22-9-11-24(12-10-22)32-15-5-14-29-32)17-25(35-20-21-6-4-13-28-16-21)18-31(26)23-7-2-1-3-8-23/h4-6,9-16,23,25H,1-3,7-8,17-20H2. The number of carbonyl (C=O) groups is 2. The van der Waals surface area contributed by atoms with Crippen LogP contribution in [0.1, 0.15) is 48.0 Å². The number of aromatic nitrogens is 3. The summed E-state index contributed by atoms with van der Waals surface area (Å²) in [6.07, 6.45) is 12.4. The lowest BCUT2D eigenvalue weighted by atomic mass is 9.94. The van der Waals surface area contributed by atoms with Crippen molar-refractivity contribution in [2.75, 3.05) is 19.6 Å². The molecular weight excluding hydrogens is 442 g/mol. The highest BCUT2D eigenvalue weighted by molar-refractivity contribution is 5.97. The molecule has 8 heteroatoms. The van der Waals surface area contributed by atoms with Gasteiger partial charge in [0.05, 0.1) is 18.4 Å². The van der Waals surface area contributed by atoms with E-state index in [0.717, 1.165) is 36.9 Å². The third kappa shape index (κ3) is 5.59. The second-order valence-electron chi connectivity index (χ2n) is 9.32. The Morgan fingerprint density at radius 3 is 2.54 bits per heavy atom. The molecule has 1 unspecified atom stereocenters. The molecule has 1 aromatic carbocycles. The minimum Gasteiger partial charge on any atom is -0.370 e. The van der Waals surface area contributed by atoms with Crippen molar-refractivity contribution in [2.45, 2.75) is 50.9 Å². The van der Waals surface area contributed by atoms with Crippen molar-refractivity contribution in [2.24, 2.45) is 0 Å². The first-order chi connectivity index (χ1) is 17.2. The van der Waals surface area contributed by atoms with Crippen LogP contribution in [0.15, 0.2) is 67.3 Å². The summed E-state index contributed by atoms with van der Waals surface area (Å²) in [5.74, 6) is -0.156. The Hall–Kier alpha value is -3.52. The van der Waals surface area contributed by atoms with Gasteiger partial charge in [-0.15, -0.1) is 0 Å². The number of hydrogen-bond acceptors (Lipinski definition) is 5. The van der Waals surface area contributed by atoms with Crippen molar-refractivity contribution in [1.29, 1.82) is 0 Å². The minimum absolute atomic E-state index is 0.00545. The van der Waals surface area contributed by atoms with Gasteiger partial charge in [0.15, 0.2) is 0 Å². The molecule has 0 N–H and O–H groups in total. The van der Waals surface area contributed by atoms with E-state index in [9.17, 15) is 9.59 Å². The maximum absolute atomic E-state index is 13.5. The van der Waals surface area contributed by atoms with Crippen molar-refractivity contribution < 1.29 is 14.3 Å². The second-order valence-corrected chi connectivity index (χ2v) is 9.32. The number of pyridine rings is 1. The van der Waals surface area contributed by atoms with E-state index < -0.39 is 0 Å². The Morgan fingerprint density at radius 1 is 1.00 bits per heavy atom. The average molecular weight is 474 g/mol. The highest BCUT2D eigenvalue weighted by atomic mass is 16.5. The molecule has 0 radical (unpaired) electrons. The first kappa shape index (κ1) is 23.2. The van der Waals surface area contributed by atoms with Gasteiger partial charge in [-0.2, -0.15) is 5.10 Å². The topological polar surface area (TPSA) is 80.6 Å². The summed E-state index contributed by atoms with van der Waals surface area (Å²) in [6.45, 7) is 1.34. The van der Waals surface area contributed by atoms with Crippen LogP contribution in [0.2, 0.25) is 0 Å². The zero-order valence-electron chi connectivity index (χ0n) is 19.8. The SMILES string of the molecule is O=C(c1ccc(-n2cccn2)cc1)N1CC(=O)N(C2CCCCC2)CC(OCc2cccnc2)C1. The van der Waals surface area contributed by atoms with Crippen molar-refractivity contribution in [3.63, 3.8) is 0 Å². The number of carbonyl (C=O) groups excluding carboxylic acids is 2. The zero-order valence-corrected chi connectivity index (χ0v) is 19.8. The number of ether oxygens (including phenoxy) is 1. The van der Waals surface area contributed by atoms with Gasteiger partial charge >= 0.3 is 0 Å². The fraction of sp³-hybridized carbons (Fsp3) is 0.407. The Labute approximate surface area is 205 Å². The van der Waals surface area contributed by atoms with Crippen LogP contribution in [0.5, 0.6) is 0 Å². The summed E-state index contributed by atoms with van der Waals surface area (Å²) in [5, 5.41) is 4.23. The fourth-order valence-electron chi connectivity index (χ4n) is 5.01. The van der Waals surface area contributed by atoms with Gasteiger partial charge in [0.2, 0.25) is 5.91 Å². The van der Waals surface area contributed by atoms with Gasteiger partial charge in [-0.25, -0.2) is 4.68 Å². The van der Waals surface area contributed by atoms with E-state index in [1.807, 2.05) is 41.4 Å². The predicted octanol–water partition coefficient (Wildman–Crippen LogP) is 3.47. The number of hydrogen-bond donors (Lipinski definition) is 0. The molecule has 0 bridgehead atoms. The van der Waals surface area contributed by atoms with E-state index >= 15 is 0 Å². The van der Waals surface area contributed by atoms with Crippen LogP contribution in [0.25, 0.3) is 5.69 Å². The summed E-state index contributed by atoms with van der Waals surface area (Å²) in [5.41, 5.74) is 2.39. The van der Waals surface area contributed by atoms with Gasteiger partial charge in [0.25, 0.3) is 5.91 Å². The third-order valence-electron chi connectivity index (χ3n) is 6.87. The first-order valence-electron chi connectivity index (χ1n) is 12.4. The van der Waals surface area contributed by atoms with Gasteiger partial charge in [-0.1, -0.05) is 25.3 Å². The Morgan fingerprint density at radius 2 is 1.83 bits per heavy atom. The number of benzene rings is 1. The molecule has 0 spiro atoms. The van der Waals surface area contributed by atoms with Crippen molar-refractivity contribution in [3.05, 3.63) is 78.4 Å². The van der Waals surface area contributed by atoms with E-state index in [1.165, 1.54) is 6.42 Å². The van der Waals surface area contributed by atoms with Crippen LogP contribution in [0, 0.1) is 0 Å². The zero-order chi connectivity index (χ0) is 24.0. The molecule has 2 aromatic heterocycles. The Balaban J connectivity index is 1.34. The molecule has 1 aliphatic heterocycles. The van der Waals surface area contributed by atoms with E-state index in [4.69, 9.17) is 4.74 Å². The average Bonchev–Trinajstić information content (AvgIpc) is 3.39. The van der Waals surface area contributed by atoms with Gasteiger partial charge in [-0.05, 0) is 54.8 Å². The van der Waals surface area contributed by atoms with Crippen LogP contribution in [0.3, 0.4) is 0 Å². The van der Waals surface area contributed by atoms with E-state index in [0.29, 0.717) is 25.3 Å². The maximum Gasteiger partial charge on any atom is 0.254 e. The normalized spacial score (nSPS) is 19.5. The van der Waals surface area contributed by atoms with E-state index in [1.54, 1.807) is 40.3 Å². The van der Waals surface area contributed by atoms with Crippen LogP contribution in [-0.4, -0.2) is 68.2 Å². The third-order valence-corrected chi connectivity index (χ3v) is 6.87. The Bertz CT molecular complexity index is 1110. The smallest absolute Gasteiger partial charge is 0.254 e. The maximum atomic E-state index is 13.5. The monoisotopic (exact) mass is 473 g/mol. The van der Waals surface area contributed by atoms with Crippen molar-refractivity contribution >= 4 is 11.8 Å². The summed E-state index contributed by atoms with van der Waals surface area (Å²) in [7, 11) is 0. The summed E-state index contributed by atoms with van der Waals surface area (Å²) < 4.78 is 8.01. The van der Waals surface area contributed by atoms with Gasteiger partial charge in [-0.3, -0.25) is 14.6 Å². The molecule has 3 aromatic rings. The predicted molar refractivity (Wildman–Crippen MR) is 131 cm³/mol. The quantitative estimate of drug-likeness (QED) is 0.548. The van der Waals surface area contributed by atoms with Crippen LogP contribution < -0.4 is 0 Å². The lowest BCUT2D eigenvalue weighted by Crippen LogP contribution is -2.46. The van der Waals surface area contributed by atoms with Gasteiger partial charge < -0.3 is 14.5 Å². The largest absolute Gasteiger partial charge is 0.370 e. The molecule has 2 fully saturated rings. The summed E-state index contributed by atoms with van der Waals surface area (Å²) in [6, 6.07) is 13.2. The molecule has 1 saturated carbocycles. The van der Waals surface area contributed by atoms with Gasteiger partial charge in [0.1, 0.15) is 6.54 Å². The molecule has 1 atom stereocenters. The molecule has 182 valence electrons. The second kappa shape index (κ2) is 10.8. The number of amides is 2. The van der Waals surface area contributed by atoms with Crippen LogP contribution in [0.4, 0.5) is 0 Å². The molecule has 2 amide bonds. The number of nitrogens with zero attached hydrogens (tertiary/aromatic N) is 5. The van der Waals surface area contributed by atoms with Crippen molar-refractivity contribution in [3.8, 4) is 5.69 Å². The van der Waals surface area contributed by atoms with Gasteiger partial charge in [0, 0.05) is 49.5 Å². The molecule has 3 heterocycles. The fourth-order valence-corrected chi connectivity index (χ4v) is 5.01. The summed E-state index contributed by atoms with van der Waals surface area (Å²) >= 11 is 0. The summed E-state index contributed by atoms with van der Waals surface area (Å²) in [4.78, 5) is 34.6. The molecule has 1 aliphatic carbocycles. The molecular formula is C27H31N5O3. The molecule has 5 rings (SSSR count). The molecule has 35 heavy (non-hydrogen) atoms. The molecule has 8 nitrogen and oxygen atoms in total. The highest BCUT2D eigenvalue weighted by Gasteiger charge is 2.35. The first-order valence-corrected chi connectivity index (χ1v) is 12.4. The van der Waals surface area contributed by atoms with Crippen molar-refractivity contribution in [1.82, 2.24) is 24.6 Å². The number of rotatable bonds is 6. The lowest BCUT2D eigenvalue weighted by Gasteiger charge is -2.34. The lowest BCUT2D eigenvalue weighted by molar-refractivity contribution is -0.134.